The molecular formula is C16H11ClN4O3S3. The van der Waals surface area contributed by atoms with E-state index < -0.39 is 4.92 Å². The lowest BCUT2D eigenvalue weighted by Gasteiger charge is -2.03. The van der Waals surface area contributed by atoms with E-state index in [-0.39, 0.29) is 17.3 Å². The molecule has 0 unspecified atom stereocenters. The SMILES string of the molecule is O=C(CSc1nn(-c2ccc(Cl)cc2)c(=S)s1)Nc1ccc([N+](=O)[O-])cc1. The number of nitrogens with zero attached hydrogens (tertiary/aromatic N) is 3. The molecule has 11 heteroatoms. The van der Waals surface area contributed by atoms with Gasteiger partial charge in [0.2, 0.25) is 5.91 Å². The summed E-state index contributed by atoms with van der Waals surface area (Å²) in [4.78, 5) is 22.2. The van der Waals surface area contributed by atoms with E-state index in [9.17, 15) is 14.9 Å². The van der Waals surface area contributed by atoms with E-state index in [1.807, 2.05) is 12.1 Å². The lowest BCUT2D eigenvalue weighted by molar-refractivity contribution is -0.384. The van der Waals surface area contributed by atoms with Crippen LogP contribution in [0.25, 0.3) is 5.69 Å². The largest absolute Gasteiger partial charge is 0.325 e. The number of aromatic nitrogens is 2. The van der Waals surface area contributed by atoms with Gasteiger partial charge < -0.3 is 5.32 Å². The minimum absolute atomic E-state index is 0.0325. The van der Waals surface area contributed by atoms with Gasteiger partial charge in [-0.3, -0.25) is 14.9 Å². The van der Waals surface area contributed by atoms with Crippen molar-refractivity contribution in [2.45, 2.75) is 4.34 Å². The van der Waals surface area contributed by atoms with E-state index >= 15 is 0 Å². The number of rotatable bonds is 6. The molecule has 1 N–H and O–H groups in total. The topological polar surface area (TPSA) is 90.1 Å². The molecule has 0 saturated carbocycles. The van der Waals surface area contributed by atoms with Crippen LogP contribution in [-0.4, -0.2) is 26.4 Å². The van der Waals surface area contributed by atoms with Gasteiger partial charge in [-0.15, -0.1) is 5.10 Å². The monoisotopic (exact) mass is 438 g/mol. The molecule has 0 radical (unpaired) electrons. The number of amides is 1. The van der Waals surface area contributed by atoms with Crippen molar-refractivity contribution in [1.29, 1.82) is 0 Å². The Bertz CT molecular complexity index is 1030. The number of nitro groups is 1. The van der Waals surface area contributed by atoms with Crippen LogP contribution < -0.4 is 5.32 Å². The zero-order valence-corrected chi connectivity index (χ0v) is 16.7. The second-order valence-electron chi connectivity index (χ2n) is 5.16. The molecule has 0 saturated heterocycles. The highest BCUT2D eigenvalue weighted by Crippen LogP contribution is 2.25. The first-order valence-corrected chi connectivity index (χ1v) is 10.0. The van der Waals surface area contributed by atoms with Gasteiger partial charge in [0.1, 0.15) is 0 Å². The Morgan fingerprint density at radius 1 is 1.26 bits per heavy atom. The third kappa shape index (κ3) is 5.13. The van der Waals surface area contributed by atoms with Crippen LogP contribution in [0.3, 0.4) is 0 Å². The van der Waals surface area contributed by atoms with Crippen LogP contribution in [0, 0.1) is 14.1 Å². The molecule has 0 atom stereocenters. The normalized spacial score (nSPS) is 10.6. The van der Waals surface area contributed by atoms with Crippen LogP contribution in [0.15, 0.2) is 52.9 Å². The fourth-order valence-corrected chi connectivity index (χ4v) is 4.34. The van der Waals surface area contributed by atoms with E-state index in [0.717, 1.165) is 5.69 Å². The van der Waals surface area contributed by atoms with Crippen molar-refractivity contribution in [3.05, 3.63) is 67.6 Å². The van der Waals surface area contributed by atoms with Gasteiger partial charge >= 0.3 is 0 Å². The van der Waals surface area contributed by atoms with Gasteiger partial charge in [0, 0.05) is 22.8 Å². The Labute approximate surface area is 172 Å². The van der Waals surface area contributed by atoms with Crippen molar-refractivity contribution in [2.75, 3.05) is 11.1 Å². The van der Waals surface area contributed by atoms with Gasteiger partial charge in [-0.1, -0.05) is 34.7 Å². The fourth-order valence-electron chi connectivity index (χ4n) is 2.06. The predicted octanol–water partition coefficient (Wildman–Crippen LogP) is 4.96. The van der Waals surface area contributed by atoms with Crippen molar-refractivity contribution in [3.8, 4) is 5.69 Å². The quantitative estimate of drug-likeness (QED) is 0.253. The zero-order chi connectivity index (χ0) is 19.4. The Hall–Kier alpha value is -2.27. The second kappa shape index (κ2) is 8.61. The summed E-state index contributed by atoms with van der Waals surface area (Å²) in [5, 5.41) is 18.4. The summed E-state index contributed by atoms with van der Waals surface area (Å²) in [7, 11) is 0. The molecule has 0 bridgehead atoms. The fraction of sp³-hybridized carbons (Fsp3) is 0.0625. The molecule has 0 aliphatic carbocycles. The van der Waals surface area contributed by atoms with Crippen LogP contribution in [0.4, 0.5) is 11.4 Å². The molecule has 0 aliphatic heterocycles. The maximum atomic E-state index is 12.1. The molecule has 27 heavy (non-hydrogen) atoms. The van der Waals surface area contributed by atoms with Crippen molar-refractivity contribution < 1.29 is 9.72 Å². The third-order valence-corrected chi connectivity index (χ3v) is 5.91. The smallest absolute Gasteiger partial charge is 0.269 e. The summed E-state index contributed by atoms with van der Waals surface area (Å²) in [6.45, 7) is 0. The second-order valence-corrected chi connectivity index (χ2v) is 8.44. The van der Waals surface area contributed by atoms with Crippen LogP contribution in [0.2, 0.25) is 5.02 Å². The Balaban J connectivity index is 1.60. The third-order valence-electron chi connectivity index (χ3n) is 3.29. The first-order valence-electron chi connectivity index (χ1n) is 7.45. The van der Waals surface area contributed by atoms with Crippen LogP contribution in [0.5, 0.6) is 0 Å². The molecule has 1 amide bonds. The maximum Gasteiger partial charge on any atom is 0.269 e. The summed E-state index contributed by atoms with van der Waals surface area (Å²) < 4.78 is 2.84. The van der Waals surface area contributed by atoms with Gasteiger partial charge in [-0.2, -0.15) is 0 Å². The minimum Gasteiger partial charge on any atom is -0.325 e. The lowest BCUT2D eigenvalue weighted by atomic mass is 10.3. The first-order chi connectivity index (χ1) is 12.9. The summed E-state index contributed by atoms with van der Waals surface area (Å²) in [6.07, 6.45) is 0. The van der Waals surface area contributed by atoms with Gasteiger partial charge in [0.15, 0.2) is 8.29 Å². The number of nitrogens with one attached hydrogen (secondary N) is 1. The number of carbonyl (C=O) groups is 1. The van der Waals surface area contributed by atoms with E-state index in [0.29, 0.717) is 19.0 Å². The molecule has 0 spiro atoms. The Morgan fingerprint density at radius 2 is 1.93 bits per heavy atom. The summed E-state index contributed by atoms with van der Waals surface area (Å²) in [5.74, 6) is -0.104. The molecule has 7 nitrogen and oxygen atoms in total. The number of benzene rings is 2. The van der Waals surface area contributed by atoms with Crippen molar-refractivity contribution in [3.63, 3.8) is 0 Å². The molecule has 3 rings (SSSR count). The van der Waals surface area contributed by atoms with Gasteiger partial charge in [-0.05, 0) is 48.6 Å². The van der Waals surface area contributed by atoms with Crippen LogP contribution >= 0.6 is 46.9 Å². The number of anilines is 1. The average Bonchev–Trinajstić information content (AvgIpc) is 3.02. The van der Waals surface area contributed by atoms with Crippen molar-refractivity contribution in [2.24, 2.45) is 0 Å². The Morgan fingerprint density at radius 3 is 2.56 bits per heavy atom. The van der Waals surface area contributed by atoms with Gasteiger partial charge in [0.25, 0.3) is 5.69 Å². The Kier molecular flexibility index (Phi) is 6.22. The number of thioether (sulfide) groups is 1. The highest BCUT2D eigenvalue weighted by molar-refractivity contribution is 8.01. The number of halogens is 1. The number of non-ortho nitro benzene ring substituents is 1. The molecule has 138 valence electrons. The van der Waals surface area contributed by atoms with Gasteiger partial charge in [0.05, 0.1) is 16.4 Å². The molecule has 2 aromatic carbocycles. The van der Waals surface area contributed by atoms with Crippen molar-refractivity contribution in [1.82, 2.24) is 9.78 Å². The zero-order valence-electron chi connectivity index (χ0n) is 13.5. The molecule has 3 aromatic rings. The molecular weight excluding hydrogens is 428 g/mol. The lowest BCUT2D eigenvalue weighted by Crippen LogP contribution is -2.13. The average molecular weight is 439 g/mol. The highest BCUT2D eigenvalue weighted by Gasteiger charge is 2.10. The standard InChI is InChI=1S/C16H11ClN4O3S3/c17-10-1-5-12(6-2-10)20-16(25)27-15(19-20)26-9-14(22)18-11-3-7-13(8-4-11)21(23)24/h1-8H,9H2,(H,18,22). The number of carbonyl (C=O) groups excluding carboxylic acids is 1. The van der Waals surface area contributed by atoms with E-state index in [1.54, 1.807) is 16.8 Å². The van der Waals surface area contributed by atoms with Crippen molar-refractivity contribution >= 4 is 64.2 Å². The van der Waals surface area contributed by atoms with Crippen LogP contribution in [0.1, 0.15) is 0 Å². The molecule has 0 fully saturated rings. The number of nitro benzene ring substituents is 1. The van der Waals surface area contributed by atoms with E-state index in [2.05, 4.69) is 10.4 Å². The maximum absolute atomic E-state index is 12.1. The number of hydrogen-bond donors (Lipinski definition) is 1. The van der Waals surface area contributed by atoms with E-state index in [1.165, 1.54) is 47.4 Å². The first kappa shape index (κ1) is 19.5. The predicted molar refractivity (Wildman–Crippen MR) is 110 cm³/mol. The van der Waals surface area contributed by atoms with Gasteiger partial charge in [-0.25, -0.2) is 4.68 Å². The minimum atomic E-state index is -0.494. The molecule has 1 aromatic heterocycles. The molecule has 0 aliphatic rings. The van der Waals surface area contributed by atoms with E-state index in [4.69, 9.17) is 23.8 Å². The summed E-state index contributed by atoms with van der Waals surface area (Å²) in [5.41, 5.74) is 1.25. The molecule has 1 heterocycles. The van der Waals surface area contributed by atoms with Crippen LogP contribution in [-0.2, 0) is 4.79 Å². The summed E-state index contributed by atoms with van der Waals surface area (Å²) in [6, 6.07) is 12.8. The number of hydrogen-bond acceptors (Lipinski definition) is 7. The summed E-state index contributed by atoms with van der Waals surface area (Å²) >= 11 is 13.8. The highest BCUT2D eigenvalue weighted by atomic mass is 35.5.